The molecule has 2 unspecified atom stereocenters. The third kappa shape index (κ3) is 2.13. The lowest BCUT2D eigenvalue weighted by atomic mass is 10.2. The van der Waals surface area contributed by atoms with Gasteiger partial charge in [0, 0.05) is 23.9 Å². The van der Waals surface area contributed by atoms with E-state index in [2.05, 4.69) is 15.6 Å². The standard InChI is InChI=1S/C12H14N4O2/c17-16(18)11-5-3-8(4-6-11)13-12-14-9-1-2-10(7-9)15-12/h3-6,9-10H,1-2,7H2,(H2,13,14,15). The first kappa shape index (κ1) is 11.0. The molecule has 2 atom stereocenters. The number of fused-ring (bicyclic) bond motifs is 2. The van der Waals surface area contributed by atoms with E-state index in [4.69, 9.17) is 0 Å². The van der Waals surface area contributed by atoms with E-state index in [-0.39, 0.29) is 5.69 Å². The number of anilines is 1. The van der Waals surface area contributed by atoms with Crippen LogP contribution >= 0.6 is 0 Å². The van der Waals surface area contributed by atoms with Crippen LogP contribution in [0.1, 0.15) is 19.3 Å². The third-order valence-corrected chi connectivity index (χ3v) is 3.40. The fourth-order valence-corrected chi connectivity index (χ4v) is 2.49. The molecule has 1 aromatic carbocycles. The number of guanidine groups is 1. The summed E-state index contributed by atoms with van der Waals surface area (Å²) in [6.45, 7) is 0. The molecular weight excluding hydrogens is 232 g/mol. The van der Waals surface area contributed by atoms with Crippen LogP contribution in [0.3, 0.4) is 0 Å². The Morgan fingerprint density at radius 1 is 1.33 bits per heavy atom. The van der Waals surface area contributed by atoms with Gasteiger partial charge in [0.05, 0.1) is 11.0 Å². The van der Waals surface area contributed by atoms with Crippen LogP contribution in [-0.2, 0) is 0 Å². The van der Waals surface area contributed by atoms with Crippen molar-refractivity contribution in [3.8, 4) is 0 Å². The highest BCUT2D eigenvalue weighted by Crippen LogP contribution is 2.25. The zero-order valence-electron chi connectivity index (χ0n) is 9.80. The van der Waals surface area contributed by atoms with Crippen LogP contribution in [0, 0.1) is 10.1 Å². The van der Waals surface area contributed by atoms with Crippen molar-refractivity contribution < 1.29 is 4.92 Å². The summed E-state index contributed by atoms with van der Waals surface area (Å²) in [6.07, 6.45) is 3.42. The van der Waals surface area contributed by atoms with Crippen LogP contribution in [0.4, 0.5) is 11.4 Å². The average molecular weight is 246 g/mol. The smallest absolute Gasteiger partial charge is 0.269 e. The maximum atomic E-state index is 10.5. The van der Waals surface area contributed by atoms with Gasteiger partial charge < -0.3 is 10.6 Å². The number of benzene rings is 1. The number of aliphatic imine (C=N–C) groups is 1. The second-order valence-corrected chi connectivity index (χ2v) is 4.71. The summed E-state index contributed by atoms with van der Waals surface area (Å²) in [5.74, 6) is 0.780. The number of nitrogens with one attached hydrogen (secondary N) is 2. The summed E-state index contributed by atoms with van der Waals surface area (Å²) in [7, 11) is 0. The van der Waals surface area contributed by atoms with Crippen LogP contribution < -0.4 is 10.6 Å². The Hall–Kier alpha value is -2.11. The minimum absolute atomic E-state index is 0.0964. The second-order valence-electron chi connectivity index (χ2n) is 4.71. The molecule has 0 amide bonds. The number of nitro benzene ring substituents is 1. The Labute approximate surface area is 104 Å². The number of nitrogens with zero attached hydrogens (tertiary/aromatic N) is 2. The SMILES string of the molecule is O=[N+]([O-])c1ccc(NC2=NC3CCC(C3)N2)cc1. The monoisotopic (exact) mass is 246 g/mol. The highest BCUT2D eigenvalue weighted by molar-refractivity contribution is 5.94. The number of non-ortho nitro benzene ring substituents is 1. The van der Waals surface area contributed by atoms with Gasteiger partial charge in [-0.15, -0.1) is 0 Å². The molecule has 0 radical (unpaired) electrons. The number of nitro groups is 1. The first-order chi connectivity index (χ1) is 8.70. The van der Waals surface area contributed by atoms with Crippen LogP contribution in [0.5, 0.6) is 0 Å². The molecule has 0 aromatic heterocycles. The summed E-state index contributed by atoms with van der Waals surface area (Å²) in [6, 6.07) is 7.31. The van der Waals surface area contributed by atoms with Gasteiger partial charge in [-0.2, -0.15) is 0 Å². The molecular formula is C12H14N4O2. The first-order valence-electron chi connectivity index (χ1n) is 6.06. The van der Waals surface area contributed by atoms with Crippen LogP contribution in [-0.4, -0.2) is 23.0 Å². The zero-order valence-corrected chi connectivity index (χ0v) is 9.80. The number of rotatable bonds is 2. The largest absolute Gasteiger partial charge is 0.353 e. The molecule has 2 bridgehead atoms. The lowest BCUT2D eigenvalue weighted by molar-refractivity contribution is -0.384. The maximum Gasteiger partial charge on any atom is 0.269 e. The van der Waals surface area contributed by atoms with Crippen molar-refractivity contribution in [2.45, 2.75) is 31.3 Å². The Bertz CT molecular complexity index is 497. The highest BCUT2D eigenvalue weighted by atomic mass is 16.6. The van der Waals surface area contributed by atoms with E-state index < -0.39 is 4.92 Å². The molecule has 6 heteroatoms. The molecule has 0 saturated heterocycles. The summed E-state index contributed by atoms with van der Waals surface area (Å²) in [4.78, 5) is 14.7. The Morgan fingerprint density at radius 2 is 2.11 bits per heavy atom. The summed E-state index contributed by atoms with van der Waals surface area (Å²) < 4.78 is 0. The van der Waals surface area contributed by atoms with E-state index in [9.17, 15) is 10.1 Å². The van der Waals surface area contributed by atoms with Gasteiger partial charge in [0.2, 0.25) is 0 Å². The van der Waals surface area contributed by atoms with E-state index in [1.54, 1.807) is 12.1 Å². The molecule has 18 heavy (non-hydrogen) atoms. The van der Waals surface area contributed by atoms with Gasteiger partial charge >= 0.3 is 0 Å². The van der Waals surface area contributed by atoms with Gasteiger partial charge in [-0.1, -0.05) is 0 Å². The summed E-state index contributed by atoms with van der Waals surface area (Å²) >= 11 is 0. The molecule has 2 aliphatic rings. The third-order valence-electron chi connectivity index (χ3n) is 3.40. The van der Waals surface area contributed by atoms with E-state index in [1.807, 2.05) is 0 Å². The minimum atomic E-state index is -0.402. The fraction of sp³-hybridized carbons (Fsp3) is 0.417. The van der Waals surface area contributed by atoms with Gasteiger partial charge in [-0.3, -0.25) is 10.1 Å². The molecule has 0 spiro atoms. The minimum Gasteiger partial charge on any atom is -0.353 e. The Morgan fingerprint density at radius 3 is 2.78 bits per heavy atom. The summed E-state index contributed by atoms with van der Waals surface area (Å²) in [5, 5.41) is 17.0. The van der Waals surface area contributed by atoms with Crippen molar-refractivity contribution in [2.75, 3.05) is 5.32 Å². The fourth-order valence-electron chi connectivity index (χ4n) is 2.49. The second kappa shape index (κ2) is 4.29. The molecule has 1 heterocycles. The highest BCUT2D eigenvalue weighted by Gasteiger charge is 2.29. The quantitative estimate of drug-likeness (QED) is 0.617. The van der Waals surface area contributed by atoms with Crippen molar-refractivity contribution in [2.24, 2.45) is 4.99 Å². The number of hydrogen-bond acceptors (Lipinski definition) is 5. The van der Waals surface area contributed by atoms with Gasteiger partial charge in [0.15, 0.2) is 5.96 Å². The topological polar surface area (TPSA) is 79.6 Å². The lowest BCUT2D eigenvalue weighted by Gasteiger charge is -2.22. The predicted molar refractivity (Wildman–Crippen MR) is 68.7 cm³/mol. The van der Waals surface area contributed by atoms with Gasteiger partial charge in [0.25, 0.3) is 5.69 Å². The lowest BCUT2D eigenvalue weighted by Crippen LogP contribution is -2.41. The molecule has 6 nitrogen and oxygen atoms in total. The van der Waals surface area contributed by atoms with Crippen molar-refractivity contribution >= 4 is 17.3 Å². The Balaban J connectivity index is 1.71. The molecule has 94 valence electrons. The van der Waals surface area contributed by atoms with Gasteiger partial charge in [-0.05, 0) is 31.4 Å². The van der Waals surface area contributed by atoms with E-state index >= 15 is 0 Å². The predicted octanol–water partition coefficient (Wildman–Crippen LogP) is 1.89. The molecule has 3 rings (SSSR count). The van der Waals surface area contributed by atoms with Crippen molar-refractivity contribution in [1.29, 1.82) is 0 Å². The Kier molecular flexibility index (Phi) is 2.62. The maximum absolute atomic E-state index is 10.5. The molecule has 2 N–H and O–H groups in total. The van der Waals surface area contributed by atoms with E-state index in [0.717, 1.165) is 24.5 Å². The van der Waals surface area contributed by atoms with Crippen molar-refractivity contribution in [3.63, 3.8) is 0 Å². The van der Waals surface area contributed by atoms with E-state index in [0.29, 0.717) is 12.1 Å². The molecule has 1 aliphatic heterocycles. The van der Waals surface area contributed by atoms with Crippen LogP contribution in [0.15, 0.2) is 29.3 Å². The average Bonchev–Trinajstić information content (AvgIpc) is 2.69. The number of hydrogen-bond donors (Lipinski definition) is 2. The normalized spacial score (nSPS) is 25.2. The van der Waals surface area contributed by atoms with E-state index in [1.165, 1.54) is 18.6 Å². The van der Waals surface area contributed by atoms with Crippen molar-refractivity contribution in [1.82, 2.24) is 5.32 Å². The molecule has 1 fully saturated rings. The molecule has 1 aromatic rings. The first-order valence-corrected chi connectivity index (χ1v) is 6.06. The van der Waals surface area contributed by atoms with Crippen molar-refractivity contribution in [3.05, 3.63) is 34.4 Å². The van der Waals surface area contributed by atoms with Gasteiger partial charge in [0.1, 0.15) is 0 Å². The van der Waals surface area contributed by atoms with Crippen LogP contribution in [0.25, 0.3) is 0 Å². The van der Waals surface area contributed by atoms with Crippen LogP contribution in [0.2, 0.25) is 0 Å². The zero-order chi connectivity index (χ0) is 12.5. The van der Waals surface area contributed by atoms with Gasteiger partial charge in [-0.25, -0.2) is 4.99 Å². The molecule has 1 saturated carbocycles. The molecule has 1 aliphatic carbocycles. The summed E-state index contributed by atoms with van der Waals surface area (Å²) in [5.41, 5.74) is 0.910.